The summed E-state index contributed by atoms with van der Waals surface area (Å²) in [6.45, 7) is 8.20. The summed E-state index contributed by atoms with van der Waals surface area (Å²) in [5, 5.41) is 8.28. The molecule has 3 heterocycles. The number of pyridine rings is 2. The lowest BCUT2D eigenvalue weighted by atomic mass is 10.1. The number of amides is 1. The number of aryl methyl sites for hydroxylation is 2. The van der Waals surface area contributed by atoms with Crippen LogP contribution in [-0.2, 0) is 6.54 Å². The van der Waals surface area contributed by atoms with Crippen LogP contribution >= 0.6 is 0 Å². The second-order valence-corrected chi connectivity index (χ2v) is 8.29. The lowest BCUT2D eigenvalue weighted by molar-refractivity contribution is 0.0952. The van der Waals surface area contributed by atoms with Crippen molar-refractivity contribution in [1.29, 1.82) is 0 Å². The van der Waals surface area contributed by atoms with Gasteiger partial charge in [-0.3, -0.25) is 9.59 Å². The fourth-order valence-electron chi connectivity index (χ4n) is 4.08. The number of aromatic nitrogens is 4. The lowest BCUT2D eigenvalue weighted by Gasteiger charge is -2.15. The zero-order chi connectivity index (χ0) is 21.4. The first-order chi connectivity index (χ1) is 14.4. The molecule has 158 valence electrons. The average Bonchev–Trinajstić information content (AvgIpc) is 3.48. The fourth-order valence-corrected chi connectivity index (χ4v) is 4.08. The van der Waals surface area contributed by atoms with E-state index in [2.05, 4.69) is 29.2 Å². The summed E-state index contributed by atoms with van der Waals surface area (Å²) in [6.07, 6.45) is 5.88. The molecule has 3 aromatic rings. The monoisotopic (exact) mass is 407 g/mol. The Kier molecular flexibility index (Phi) is 5.45. The van der Waals surface area contributed by atoms with Crippen LogP contribution in [0.1, 0.15) is 84.4 Å². The Balaban J connectivity index is 1.69. The third kappa shape index (κ3) is 3.76. The molecular weight excluding hydrogens is 378 g/mol. The van der Waals surface area contributed by atoms with Gasteiger partial charge >= 0.3 is 0 Å². The Hall–Kier alpha value is -2.96. The number of rotatable bonds is 7. The Bertz CT molecular complexity index is 1150. The van der Waals surface area contributed by atoms with Gasteiger partial charge in [-0.1, -0.05) is 13.8 Å². The SMILES string of the molecule is CCC(CC)n1ncc2c(C(=O)NCc3c(C)cc(C)[nH]c3=O)cc(C3CC3)nc21. The first-order valence-electron chi connectivity index (χ1n) is 10.8. The molecule has 3 aromatic heterocycles. The maximum atomic E-state index is 13.1. The lowest BCUT2D eigenvalue weighted by Crippen LogP contribution is -2.28. The molecule has 1 aliphatic carbocycles. The minimum absolute atomic E-state index is 0.159. The summed E-state index contributed by atoms with van der Waals surface area (Å²) >= 11 is 0. The number of carbonyl (C=O) groups is 1. The van der Waals surface area contributed by atoms with Gasteiger partial charge in [0.25, 0.3) is 11.5 Å². The smallest absolute Gasteiger partial charge is 0.253 e. The molecule has 7 heteroatoms. The zero-order valence-corrected chi connectivity index (χ0v) is 18.1. The Morgan fingerprint density at radius 2 is 2.00 bits per heavy atom. The van der Waals surface area contributed by atoms with E-state index >= 15 is 0 Å². The van der Waals surface area contributed by atoms with Crippen LogP contribution in [0.25, 0.3) is 11.0 Å². The highest BCUT2D eigenvalue weighted by Crippen LogP contribution is 2.40. The quantitative estimate of drug-likeness (QED) is 0.621. The molecule has 1 aliphatic rings. The predicted octanol–water partition coefficient (Wildman–Crippen LogP) is 3.90. The van der Waals surface area contributed by atoms with E-state index in [1.54, 1.807) is 6.20 Å². The first kappa shape index (κ1) is 20.3. The molecule has 1 amide bonds. The minimum atomic E-state index is -0.201. The Labute approximate surface area is 175 Å². The van der Waals surface area contributed by atoms with Gasteiger partial charge in [-0.05, 0) is 57.2 Å². The molecule has 4 rings (SSSR count). The standard InChI is InChI=1S/C23H29N5O2/c1-5-16(6-2)28-21-19(12-25-28)17(10-20(27-21)15-7-8-15)22(29)24-11-18-13(3)9-14(4)26-23(18)30/h9-10,12,15-16H,5-8,11H2,1-4H3,(H,24,29)(H,26,30). The molecule has 0 radical (unpaired) electrons. The number of aromatic amines is 1. The largest absolute Gasteiger partial charge is 0.348 e. The van der Waals surface area contributed by atoms with Gasteiger partial charge in [0.2, 0.25) is 0 Å². The van der Waals surface area contributed by atoms with Crippen molar-refractivity contribution in [3.05, 3.63) is 56.8 Å². The van der Waals surface area contributed by atoms with Crippen molar-refractivity contribution in [2.45, 2.75) is 71.9 Å². The third-order valence-electron chi connectivity index (χ3n) is 6.03. The van der Waals surface area contributed by atoms with Crippen LogP contribution < -0.4 is 10.9 Å². The van der Waals surface area contributed by atoms with Crippen molar-refractivity contribution in [3.63, 3.8) is 0 Å². The highest BCUT2D eigenvalue weighted by atomic mass is 16.1. The highest BCUT2D eigenvalue weighted by Gasteiger charge is 2.28. The summed E-state index contributed by atoms with van der Waals surface area (Å²) in [5.41, 5.74) is 4.43. The van der Waals surface area contributed by atoms with Crippen molar-refractivity contribution in [3.8, 4) is 0 Å². The molecule has 0 aromatic carbocycles. The van der Waals surface area contributed by atoms with Crippen molar-refractivity contribution in [2.75, 3.05) is 0 Å². The average molecular weight is 408 g/mol. The Morgan fingerprint density at radius 3 is 2.63 bits per heavy atom. The number of hydrogen-bond acceptors (Lipinski definition) is 4. The van der Waals surface area contributed by atoms with Gasteiger partial charge < -0.3 is 10.3 Å². The number of nitrogens with one attached hydrogen (secondary N) is 2. The molecule has 0 bridgehead atoms. The van der Waals surface area contributed by atoms with Crippen molar-refractivity contribution in [1.82, 2.24) is 25.1 Å². The van der Waals surface area contributed by atoms with Gasteiger partial charge in [0, 0.05) is 29.4 Å². The number of carbonyl (C=O) groups excluding carboxylic acids is 1. The molecule has 1 fully saturated rings. The molecule has 0 spiro atoms. The number of nitrogens with zero attached hydrogens (tertiary/aromatic N) is 3. The van der Waals surface area contributed by atoms with Crippen LogP contribution in [0, 0.1) is 13.8 Å². The first-order valence-corrected chi connectivity index (χ1v) is 10.8. The highest BCUT2D eigenvalue weighted by molar-refractivity contribution is 6.05. The van der Waals surface area contributed by atoms with E-state index in [1.165, 1.54) is 0 Å². The molecule has 0 aliphatic heterocycles. The van der Waals surface area contributed by atoms with E-state index in [1.807, 2.05) is 30.7 Å². The second-order valence-electron chi connectivity index (χ2n) is 8.29. The topological polar surface area (TPSA) is 92.7 Å². The Morgan fingerprint density at radius 1 is 1.27 bits per heavy atom. The van der Waals surface area contributed by atoms with Crippen molar-refractivity contribution in [2.24, 2.45) is 0 Å². The van der Waals surface area contributed by atoms with Gasteiger partial charge in [0.15, 0.2) is 5.65 Å². The molecule has 7 nitrogen and oxygen atoms in total. The normalized spacial score (nSPS) is 13.9. The van der Waals surface area contributed by atoms with Crippen LogP contribution in [0.15, 0.2) is 23.1 Å². The second kappa shape index (κ2) is 8.05. The van der Waals surface area contributed by atoms with E-state index in [0.29, 0.717) is 17.0 Å². The summed E-state index contributed by atoms with van der Waals surface area (Å²) in [6, 6.07) is 4.08. The maximum absolute atomic E-state index is 13.1. The maximum Gasteiger partial charge on any atom is 0.253 e. The van der Waals surface area contributed by atoms with Crippen LogP contribution in [-0.4, -0.2) is 25.7 Å². The zero-order valence-electron chi connectivity index (χ0n) is 18.1. The van der Waals surface area contributed by atoms with E-state index in [9.17, 15) is 9.59 Å². The molecule has 0 saturated heterocycles. The summed E-state index contributed by atoms with van der Waals surface area (Å²) in [7, 11) is 0. The van der Waals surface area contributed by atoms with Crippen LogP contribution in [0.5, 0.6) is 0 Å². The van der Waals surface area contributed by atoms with E-state index in [0.717, 1.165) is 53.7 Å². The van der Waals surface area contributed by atoms with E-state index < -0.39 is 0 Å². The van der Waals surface area contributed by atoms with E-state index in [4.69, 9.17) is 4.98 Å². The van der Waals surface area contributed by atoms with Gasteiger partial charge in [-0.15, -0.1) is 0 Å². The molecule has 1 saturated carbocycles. The van der Waals surface area contributed by atoms with Crippen LogP contribution in [0.2, 0.25) is 0 Å². The van der Waals surface area contributed by atoms with Gasteiger partial charge in [0.05, 0.1) is 23.2 Å². The summed E-state index contributed by atoms with van der Waals surface area (Å²) < 4.78 is 1.97. The summed E-state index contributed by atoms with van der Waals surface area (Å²) in [4.78, 5) is 33.1. The molecule has 0 unspecified atom stereocenters. The predicted molar refractivity (Wildman–Crippen MR) is 117 cm³/mol. The molecule has 2 N–H and O–H groups in total. The molecule has 0 atom stereocenters. The fraction of sp³-hybridized carbons (Fsp3) is 0.478. The third-order valence-corrected chi connectivity index (χ3v) is 6.03. The molecular formula is C23H29N5O2. The van der Waals surface area contributed by atoms with Gasteiger partial charge in [-0.25, -0.2) is 9.67 Å². The van der Waals surface area contributed by atoms with Gasteiger partial charge in [0.1, 0.15) is 0 Å². The van der Waals surface area contributed by atoms with Crippen LogP contribution in [0.3, 0.4) is 0 Å². The number of fused-ring (bicyclic) bond motifs is 1. The number of H-pyrrole nitrogens is 1. The van der Waals surface area contributed by atoms with E-state index in [-0.39, 0.29) is 24.1 Å². The van der Waals surface area contributed by atoms with Crippen LogP contribution in [0.4, 0.5) is 0 Å². The van der Waals surface area contributed by atoms with Gasteiger partial charge in [-0.2, -0.15) is 5.10 Å². The summed E-state index contributed by atoms with van der Waals surface area (Å²) in [5.74, 6) is 0.223. The molecule has 30 heavy (non-hydrogen) atoms. The number of hydrogen-bond donors (Lipinski definition) is 2. The van der Waals surface area contributed by atoms with Crippen molar-refractivity contribution < 1.29 is 4.79 Å². The van der Waals surface area contributed by atoms with Crippen molar-refractivity contribution >= 4 is 16.9 Å². The minimum Gasteiger partial charge on any atom is -0.348 e.